The molecule has 0 amide bonds. The summed E-state index contributed by atoms with van der Waals surface area (Å²) in [6, 6.07) is 2.82. The van der Waals surface area contributed by atoms with Crippen LogP contribution < -0.4 is 9.86 Å². The summed E-state index contributed by atoms with van der Waals surface area (Å²) in [4.78, 5) is 9.38. The molecule has 0 saturated carbocycles. The van der Waals surface area contributed by atoms with E-state index >= 15 is 0 Å². The molecule has 0 aliphatic carbocycles. The number of nitrogens with two attached hydrogens (primary N) is 1. The first-order valence-corrected chi connectivity index (χ1v) is 8.55. The van der Waals surface area contributed by atoms with Gasteiger partial charge in [-0.3, -0.25) is 10.1 Å². The second-order valence-corrected chi connectivity index (χ2v) is 7.51. The zero-order valence-corrected chi connectivity index (χ0v) is 12.2. The number of benzene rings is 1. The van der Waals surface area contributed by atoms with Crippen molar-refractivity contribution in [3.63, 3.8) is 0 Å². The Morgan fingerprint density at radius 3 is 2.35 bits per heavy atom. The van der Waals surface area contributed by atoms with E-state index in [0.717, 1.165) is 18.2 Å². The number of sulfonamides is 2. The number of non-ortho nitro benzene ring substituents is 1. The van der Waals surface area contributed by atoms with E-state index in [4.69, 9.17) is 16.7 Å². The fourth-order valence-corrected chi connectivity index (χ4v) is 3.30. The van der Waals surface area contributed by atoms with Crippen molar-refractivity contribution in [2.75, 3.05) is 12.3 Å². The molecule has 0 aliphatic rings. The molecule has 20 heavy (non-hydrogen) atoms. The minimum atomic E-state index is -4.08. The zero-order chi connectivity index (χ0) is 15.6. The minimum Gasteiger partial charge on any atom is -0.258 e. The molecule has 0 saturated heterocycles. The van der Waals surface area contributed by atoms with Gasteiger partial charge in [0.25, 0.3) is 5.69 Å². The fourth-order valence-electron chi connectivity index (χ4n) is 1.22. The third-order valence-electron chi connectivity index (χ3n) is 2.09. The molecule has 0 radical (unpaired) electrons. The van der Waals surface area contributed by atoms with Crippen LogP contribution in [0.3, 0.4) is 0 Å². The molecule has 12 heteroatoms. The Hall–Kier alpha value is -1.27. The van der Waals surface area contributed by atoms with E-state index in [2.05, 4.69) is 0 Å². The van der Waals surface area contributed by atoms with Crippen molar-refractivity contribution in [3.05, 3.63) is 33.3 Å². The van der Waals surface area contributed by atoms with Gasteiger partial charge < -0.3 is 0 Å². The average Bonchev–Trinajstić information content (AvgIpc) is 2.26. The van der Waals surface area contributed by atoms with Gasteiger partial charge in [-0.1, -0.05) is 11.6 Å². The highest BCUT2D eigenvalue weighted by Crippen LogP contribution is 2.25. The maximum atomic E-state index is 11.8. The van der Waals surface area contributed by atoms with Crippen molar-refractivity contribution in [1.82, 2.24) is 4.72 Å². The van der Waals surface area contributed by atoms with Gasteiger partial charge in [-0.25, -0.2) is 26.7 Å². The zero-order valence-electron chi connectivity index (χ0n) is 9.81. The molecule has 0 heterocycles. The third kappa shape index (κ3) is 4.68. The van der Waals surface area contributed by atoms with Gasteiger partial charge in [-0.2, -0.15) is 0 Å². The normalized spacial score (nSPS) is 12.3. The summed E-state index contributed by atoms with van der Waals surface area (Å²) in [7, 11) is -7.89. The molecule has 1 aromatic rings. The van der Waals surface area contributed by atoms with Crippen molar-refractivity contribution < 1.29 is 21.8 Å². The Bertz CT molecular complexity index is 731. The standard InChI is InChI=1S/C8H10ClN3O6S2/c9-7-5-6(12(13)14)1-2-8(7)20(17,18)11-3-4-19(10,15)16/h1-2,5,11H,3-4H2,(H2,10,15,16). The molecule has 0 fully saturated rings. The van der Waals surface area contributed by atoms with Gasteiger partial charge >= 0.3 is 0 Å². The number of nitro groups is 1. The van der Waals surface area contributed by atoms with E-state index in [1.165, 1.54) is 0 Å². The number of rotatable bonds is 6. The molecule has 0 unspecified atom stereocenters. The summed E-state index contributed by atoms with van der Waals surface area (Å²) in [5.74, 6) is -0.586. The van der Waals surface area contributed by atoms with Crippen molar-refractivity contribution in [2.24, 2.45) is 5.14 Å². The van der Waals surface area contributed by atoms with Gasteiger partial charge in [0.15, 0.2) is 0 Å². The summed E-state index contributed by atoms with van der Waals surface area (Å²) in [5.41, 5.74) is -0.363. The summed E-state index contributed by atoms with van der Waals surface area (Å²) in [6.45, 7) is -0.436. The number of halogens is 1. The van der Waals surface area contributed by atoms with Gasteiger partial charge in [0.1, 0.15) is 4.90 Å². The van der Waals surface area contributed by atoms with E-state index in [1.807, 2.05) is 4.72 Å². The molecule has 1 aromatic carbocycles. The predicted octanol–water partition coefficient (Wildman–Crippen LogP) is -0.185. The molecule has 0 spiro atoms. The van der Waals surface area contributed by atoms with Gasteiger partial charge in [0.2, 0.25) is 20.0 Å². The topological polar surface area (TPSA) is 149 Å². The molecule has 3 N–H and O–H groups in total. The Morgan fingerprint density at radius 1 is 1.30 bits per heavy atom. The Kier molecular flexibility index (Phi) is 5.05. The van der Waals surface area contributed by atoms with Gasteiger partial charge in [-0.15, -0.1) is 0 Å². The second-order valence-electron chi connectivity index (χ2n) is 3.64. The largest absolute Gasteiger partial charge is 0.271 e. The van der Waals surface area contributed by atoms with E-state index in [0.29, 0.717) is 0 Å². The third-order valence-corrected chi connectivity index (χ3v) is 4.81. The van der Waals surface area contributed by atoms with Crippen LogP contribution in [0.2, 0.25) is 5.02 Å². The summed E-state index contributed by atoms with van der Waals surface area (Å²) in [6.07, 6.45) is 0. The van der Waals surface area contributed by atoms with Crippen LogP contribution in [0.4, 0.5) is 5.69 Å². The summed E-state index contributed by atoms with van der Waals surface area (Å²) in [5, 5.41) is 14.9. The lowest BCUT2D eigenvalue weighted by Crippen LogP contribution is -2.31. The Labute approximate surface area is 120 Å². The first-order chi connectivity index (χ1) is 9.03. The lowest BCUT2D eigenvalue weighted by molar-refractivity contribution is -0.384. The van der Waals surface area contributed by atoms with E-state index in [1.54, 1.807) is 0 Å². The van der Waals surface area contributed by atoms with Crippen molar-refractivity contribution in [1.29, 1.82) is 0 Å². The summed E-state index contributed by atoms with van der Waals surface area (Å²) >= 11 is 5.66. The monoisotopic (exact) mass is 343 g/mol. The highest BCUT2D eigenvalue weighted by Gasteiger charge is 2.20. The molecule has 1 rings (SSSR count). The molecule has 0 aromatic heterocycles. The van der Waals surface area contributed by atoms with Gasteiger partial charge in [0, 0.05) is 18.7 Å². The Morgan fingerprint density at radius 2 is 1.90 bits per heavy atom. The summed E-state index contributed by atoms with van der Waals surface area (Å²) < 4.78 is 47.0. The number of hydrogen-bond acceptors (Lipinski definition) is 6. The van der Waals surface area contributed by atoms with Crippen LogP contribution in [0.15, 0.2) is 23.1 Å². The first-order valence-electron chi connectivity index (χ1n) is 4.97. The maximum absolute atomic E-state index is 11.8. The molecular weight excluding hydrogens is 334 g/mol. The van der Waals surface area contributed by atoms with Crippen molar-refractivity contribution in [3.8, 4) is 0 Å². The average molecular weight is 344 g/mol. The SMILES string of the molecule is NS(=O)(=O)CCNS(=O)(=O)c1ccc([N+](=O)[O-])cc1Cl. The molecule has 112 valence electrons. The second kappa shape index (κ2) is 6.01. The molecule has 0 bridgehead atoms. The van der Waals surface area contributed by atoms with Crippen LogP contribution in [-0.2, 0) is 20.0 Å². The van der Waals surface area contributed by atoms with E-state index in [9.17, 15) is 26.9 Å². The van der Waals surface area contributed by atoms with Gasteiger partial charge in [-0.05, 0) is 6.07 Å². The molecule has 9 nitrogen and oxygen atoms in total. The van der Waals surface area contributed by atoms with Crippen LogP contribution in [0.25, 0.3) is 0 Å². The smallest absolute Gasteiger partial charge is 0.258 e. The quantitative estimate of drug-likeness (QED) is 0.540. The Balaban J connectivity index is 2.96. The van der Waals surface area contributed by atoms with Crippen LogP contribution >= 0.6 is 11.6 Å². The van der Waals surface area contributed by atoms with E-state index in [-0.39, 0.29) is 15.6 Å². The number of nitrogens with one attached hydrogen (secondary N) is 1. The van der Waals surface area contributed by atoms with Crippen molar-refractivity contribution in [2.45, 2.75) is 4.90 Å². The highest BCUT2D eigenvalue weighted by atomic mass is 35.5. The van der Waals surface area contributed by atoms with Crippen molar-refractivity contribution >= 4 is 37.3 Å². The van der Waals surface area contributed by atoms with Crippen LogP contribution in [-0.4, -0.2) is 34.1 Å². The highest BCUT2D eigenvalue weighted by molar-refractivity contribution is 7.90. The predicted molar refractivity (Wildman–Crippen MR) is 71.3 cm³/mol. The van der Waals surface area contributed by atoms with E-state index < -0.39 is 37.3 Å². The number of nitrogens with zero attached hydrogens (tertiary/aromatic N) is 1. The van der Waals surface area contributed by atoms with Crippen LogP contribution in [0.1, 0.15) is 0 Å². The van der Waals surface area contributed by atoms with Gasteiger partial charge in [0.05, 0.1) is 15.7 Å². The number of hydrogen-bond donors (Lipinski definition) is 2. The first kappa shape index (κ1) is 16.8. The molecule has 0 atom stereocenters. The fraction of sp³-hybridized carbons (Fsp3) is 0.250. The molecular formula is C8H10ClN3O6S2. The lowest BCUT2D eigenvalue weighted by atomic mass is 10.3. The lowest BCUT2D eigenvalue weighted by Gasteiger charge is -2.07. The van der Waals surface area contributed by atoms with Crippen LogP contribution in [0.5, 0.6) is 0 Å². The number of nitro benzene ring substituents is 1. The minimum absolute atomic E-state index is 0.345. The maximum Gasteiger partial charge on any atom is 0.271 e. The van der Waals surface area contributed by atoms with Crippen LogP contribution in [0, 0.1) is 10.1 Å². The molecule has 0 aliphatic heterocycles. The number of primary sulfonamides is 1.